The van der Waals surface area contributed by atoms with Gasteiger partial charge in [0.25, 0.3) is 5.91 Å². The van der Waals surface area contributed by atoms with Gasteiger partial charge in [-0.05, 0) is 36.4 Å². The molecule has 0 saturated heterocycles. The van der Waals surface area contributed by atoms with E-state index in [9.17, 15) is 9.59 Å². The Hall–Kier alpha value is -2.86. The zero-order chi connectivity index (χ0) is 17.6. The van der Waals surface area contributed by atoms with Crippen molar-refractivity contribution in [3.63, 3.8) is 0 Å². The van der Waals surface area contributed by atoms with Crippen molar-refractivity contribution in [2.45, 2.75) is 6.17 Å². The van der Waals surface area contributed by atoms with Crippen molar-refractivity contribution in [2.75, 3.05) is 5.32 Å². The normalized spacial score (nSPS) is 11.6. The highest BCUT2D eigenvalue weighted by atomic mass is 79.9. The van der Waals surface area contributed by atoms with Crippen LogP contribution < -0.4 is 10.6 Å². The summed E-state index contributed by atoms with van der Waals surface area (Å²) < 4.78 is 6.01. The minimum absolute atomic E-state index is 0.142. The molecule has 5 nitrogen and oxygen atoms in total. The number of benzene rings is 2. The number of hydrogen-bond donors (Lipinski definition) is 2. The van der Waals surface area contributed by atoms with Crippen LogP contribution in [0.15, 0.2) is 81.9 Å². The number of halogens is 1. The summed E-state index contributed by atoms with van der Waals surface area (Å²) in [6.07, 6.45) is 0.478. The second kappa shape index (κ2) is 7.81. The van der Waals surface area contributed by atoms with E-state index < -0.39 is 12.1 Å². The number of nitrogens with one attached hydrogen (secondary N) is 2. The van der Waals surface area contributed by atoms with Crippen LogP contribution in [0.5, 0.6) is 0 Å². The molecule has 6 heteroatoms. The van der Waals surface area contributed by atoms with Gasteiger partial charge in [-0.15, -0.1) is 0 Å². The topological polar surface area (TPSA) is 71.3 Å². The van der Waals surface area contributed by atoms with Crippen LogP contribution in [0, 0.1) is 0 Å². The molecule has 2 N–H and O–H groups in total. The molecule has 0 radical (unpaired) electrons. The number of anilines is 1. The standard InChI is InChI=1S/C19H15BrN2O3/c20-14-8-10-15(11-9-14)21-18(17(23)13-5-2-1-3-6-13)22-19(24)16-7-4-12-25-16/h1-12,18,21H,(H,22,24)/t18-/m1/s1. The third-order valence-corrected chi connectivity index (χ3v) is 4.02. The molecule has 0 spiro atoms. The van der Waals surface area contributed by atoms with Gasteiger partial charge in [0.2, 0.25) is 5.78 Å². The largest absolute Gasteiger partial charge is 0.459 e. The zero-order valence-corrected chi connectivity index (χ0v) is 14.7. The van der Waals surface area contributed by atoms with Gasteiger partial charge < -0.3 is 15.1 Å². The van der Waals surface area contributed by atoms with Crippen molar-refractivity contribution in [3.05, 3.63) is 88.8 Å². The van der Waals surface area contributed by atoms with Crippen molar-refractivity contribution in [3.8, 4) is 0 Å². The molecule has 0 aliphatic heterocycles. The maximum Gasteiger partial charge on any atom is 0.288 e. The quantitative estimate of drug-likeness (QED) is 0.484. The molecule has 3 aromatic rings. The van der Waals surface area contributed by atoms with Crippen LogP contribution in [0.3, 0.4) is 0 Å². The lowest BCUT2D eigenvalue weighted by atomic mass is 10.1. The maximum absolute atomic E-state index is 12.8. The predicted molar refractivity (Wildman–Crippen MR) is 98.5 cm³/mol. The van der Waals surface area contributed by atoms with Gasteiger partial charge in [-0.25, -0.2) is 0 Å². The summed E-state index contributed by atoms with van der Waals surface area (Å²) in [5, 5.41) is 5.73. The van der Waals surface area contributed by atoms with Gasteiger partial charge in [0.1, 0.15) is 0 Å². The van der Waals surface area contributed by atoms with E-state index in [0.29, 0.717) is 11.3 Å². The lowest BCUT2D eigenvalue weighted by Gasteiger charge is -2.20. The summed E-state index contributed by atoms with van der Waals surface area (Å²) >= 11 is 3.37. The van der Waals surface area contributed by atoms with E-state index in [4.69, 9.17) is 4.42 Å². The number of carbonyl (C=O) groups excluding carboxylic acids is 2. The second-order valence-corrected chi connectivity index (χ2v) is 6.18. The van der Waals surface area contributed by atoms with Gasteiger partial charge in [-0.2, -0.15) is 0 Å². The van der Waals surface area contributed by atoms with Crippen molar-refractivity contribution in [2.24, 2.45) is 0 Å². The first-order valence-corrected chi connectivity index (χ1v) is 8.38. The lowest BCUT2D eigenvalue weighted by molar-refractivity contribution is 0.0853. The van der Waals surface area contributed by atoms with Crippen LogP contribution in [0.2, 0.25) is 0 Å². The van der Waals surface area contributed by atoms with Gasteiger partial charge in [-0.3, -0.25) is 9.59 Å². The van der Waals surface area contributed by atoms with Gasteiger partial charge in [0.05, 0.1) is 6.26 Å². The van der Waals surface area contributed by atoms with Crippen molar-refractivity contribution < 1.29 is 14.0 Å². The molecule has 0 aliphatic rings. The summed E-state index contributed by atoms with van der Waals surface area (Å²) in [7, 11) is 0. The molecule has 0 unspecified atom stereocenters. The summed E-state index contributed by atoms with van der Waals surface area (Å²) in [4.78, 5) is 25.1. The Morgan fingerprint density at radius 2 is 1.64 bits per heavy atom. The van der Waals surface area contributed by atoms with Crippen LogP contribution in [0.25, 0.3) is 0 Å². The Morgan fingerprint density at radius 1 is 0.920 bits per heavy atom. The summed E-state index contributed by atoms with van der Waals surface area (Å²) in [5.74, 6) is -0.573. The first-order chi connectivity index (χ1) is 12.1. The predicted octanol–water partition coefficient (Wildman–Crippen LogP) is 4.09. The number of ketones is 1. The van der Waals surface area contributed by atoms with Gasteiger partial charge in [0.15, 0.2) is 11.9 Å². The third kappa shape index (κ3) is 4.36. The van der Waals surface area contributed by atoms with Crippen LogP contribution >= 0.6 is 15.9 Å². The molecule has 0 fully saturated rings. The number of carbonyl (C=O) groups is 2. The first kappa shape index (κ1) is 17.0. The maximum atomic E-state index is 12.8. The number of rotatable bonds is 6. The van der Waals surface area contributed by atoms with Crippen LogP contribution in [0.4, 0.5) is 5.69 Å². The average molecular weight is 399 g/mol. The van der Waals surface area contributed by atoms with E-state index in [1.165, 1.54) is 6.26 Å². The van der Waals surface area contributed by atoms with E-state index in [-0.39, 0.29) is 11.5 Å². The third-order valence-electron chi connectivity index (χ3n) is 3.50. The van der Waals surface area contributed by atoms with Crippen molar-refractivity contribution in [1.29, 1.82) is 0 Å². The molecule has 0 saturated carbocycles. The van der Waals surface area contributed by atoms with Crippen LogP contribution in [-0.2, 0) is 0 Å². The van der Waals surface area contributed by atoms with E-state index in [0.717, 1.165) is 4.47 Å². The molecule has 0 aliphatic carbocycles. The Kier molecular flexibility index (Phi) is 5.30. The molecule has 0 bridgehead atoms. The fraction of sp³-hybridized carbons (Fsp3) is 0.0526. The molecule has 3 rings (SSSR count). The van der Waals surface area contributed by atoms with Crippen LogP contribution in [-0.4, -0.2) is 17.9 Å². The van der Waals surface area contributed by atoms with E-state index in [1.807, 2.05) is 30.3 Å². The molecular weight excluding hydrogens is 384 g/mol. The highest BCUT2D eigenvalue weighted by Gasteiger charge is 2.23. The zero-order valence-electron chi connectivity index (χ0n) is 13.1. The highest BCUT2D eigenvalue weighted by molar-refractivity contribution is 9.10. The summed E-state index contributed by atoms with van der Waals surface area (Å²) in [5.41, 5.74) is 1.20. The fourth-order valence-electron chi connectivity index (χ4n) is 2.26. The minimum atomic E-state index is -0.929. The molecule has 126 valence electrons. The fourth-order valence-corrected chi connectivity index (χ4v) is 2.52. The molecule has 2 aromatic carbocycles. The molecule has 1 heterocycles. The number of Topliss-reactive ketones (excluding diaryl/α,β-unsaturated/α-hetero) is 1. The van der Waals surface area contributed by atoms with E-state index >= 15 is 0 Å². The number of hydrogen-bond acceptors (Lipinski definition) is 4. The molecule has 25 heavy (non-hydrogen) atoms. The first-order valence-electron chi connectivity index (χ1n) is 7.59. The van der Waals surface area contributed by atoms with Gasteiger partial charge in [-0.1, -0.05) is 46.3 Å². The smallest absolute Gasteiger partial charge is 0.288 e. The Morgan fingerprint density at radius 3 is 2.28 bits per heavy atom. The van der Waals surface area contributed by atoms with Gasteiger partial charge in [0, 0.05) is 15.7 Å². The van der Waals surface area contributed by atoms with E-state index in [2.05, 4.69) is 26.6 Å². The van der Waals surface area contributed by atoms with Crippen molar-refractivity contribution in [1.82, 2.24) is 5.32 Å². The van der Waals surface area contributed by atoms with E-state index in [1.54, 1.807) is 36.4 Å². The Labute approximate surface area is 153 Å². The van der Waals surface area contributed by atoms with Gasteiger partial charge >= 0.3 is 0 Å². The summed E-state index contributed by atoms with van der Waals surface area (Å²) in [6.45, 7) is 0. The highest BCUT2D eigenvalue weighted by Crippen LogP contribution is 2.16. The molecule has 1 aromatic heterocycles. The Bertz CT molecular complexity index is 846. The van der Waals surface area contributed by atoms with Crippen molar-refractivity contribution >= 4 is 33.3 Å². The molecule has 1 atom stereocenters. The molecular formula is C19H15BrN2O3. The number of furan rings is 1. The average Bonchev–Trinajstić information content (AvgIpc) is 3.18. The Balaban J connectivity index is 1.83. The number of amides is 1. The SMILES string of the molecule is O=C(N[C@@H](Nc1ccc(Br)cc1)C(=O)c1ccccc1)c1ccco1. The second-order valence-electron chi connectivity index (χ2n) is 5.27. The minimum Gasteiger partial charge on any atom is -0.459 e. The lowest BCUT2D eigenvalue weighted by Crippen LogP contribution is -2.46. The monoisotopic (exact) mass is 398 g/mol. The van der Waals surface area contributed by atoms with Crippen LogP contribution in [0.1, 0.15) is 20.9 Å². The summed E-state index contributed by atoms with van der Waals surface area (Å²) in [6, 6.07) is 19.3. The molecule has 1 amide bonds.